The number of fused-ring (bicyclic) bond motifs is 1. The standard InChI is InChI=1S/C13H18N2O2/c1-14(8-9-16)10-13(17)15-7-6-11-4-2-3-5-12(11)15/h2-5,16H,6-10H2,1H3. The van der Waals surface area contributed by atoms with Crippen LogP contribution in [-0.2, 0) is 11.2 Å². The second kappa shape index (κ2) is 5.29. The lowest BCUT2D eigenvalue weighted by Crippen LogP contribution is -2.39. The zero-order valence-corrected chi connectivity index (χ0v) is 10.1. The third-order valence-electron chi connectivity index (χ3n) is 3.08. The number of rotatable bonds is 4. The molecule has 1 amide bonds. The molecular formula is C13H18N2O2. The molecule has 4 heteroatoms. The molecule has 1 aliphatic rings. The lowest BCUT2D eigenvalue weighted by molar-refractivity contribution is -0.119. The van der Waals surface area contributed by atoms with Crippen LogP contribution in [0.3, 0.4) is 0 Å². The number of amides is 1. The highest BCUT2D eigenvalue weighted by molar-refractivity contribution is 5.96. The minimum atomic E-state index is 0.0837. The highest BCUT2D eigenvalue weighted by Crippen LogP contribution is 2.27. The van der Waals surface area contributed by atoms with Crippen molar-refractivity contribution in [3.8, 4) is 0 Å². The van der Waals surface area contributed by atoms with Gasteiger partial charge in [0.05, 0.1) is 13.2 Å². The van der Waals surface area contributed by atoms with Gasteiger partial charge in [-0.2, -0.15) is 0 Å². The van der Waals surface area contributed by atoms with Gasteiger partial charge in [-0.3, -0.25) is 9.69 Å². The van der Waals surface area contributed by atoms with Crippen LogP contribution in [-0.4, -0.2) is 49.2 Å². The smallest absolute Gasteiger partial charge is 0.241 e. The predicted octanol–water partition coefficient (Wildman–Crippen LogP) is 0.500. The molecule has 0 atom stereocenters. The number of hydrogen-bond donors (Lipinski definition) is 1. The van der Waals surface area contributed by atoms with Gasteiger partial charge in [0.2, 0.25) is 5.91 Å². The summed E-state index contributed by atoms with van der Waals surface area (Å²) < 4.78 is 0. The van der Waals surface area contributed by atoms with Gasteiger partial charge in [0.25, 0.3) is 0 Å². The zero-order valence-electron chi connectivity index (χ0n) is 10.1. The maximum absolute atomic E-state index is 12.1. The van der Waals surface area contributed by atoms with Gasteiger partial charge >= 0.3 is 0 Å². The molecule has 0 aromatic heterocycles. The van der Waals surface area contributed by atoms with Crippen molar-refractivity contribution in [3.05, 3.63) is 29.8 Å². The number of nitrogens with zero attached hydrogens (tertiary/aromatic N) is 2. The second-order valence-corrected chi connectivity index (χ2v) is 4.39. The molecular weight excluding hydrogens is 216 g/mol. The summed E-state index contributed by atoms with van der Waals surface area (Å²) in [4.78, 5) is 15.8. The van der Waals surface area contributed by atoms with Crippen LogP contribution < -0.4 is 4.90 Å². The summed E-state index contributed by atoms with van der Waals surface area (Å²) in [6, 6.07) is 8.03. The largest absolute Gasteiger partial charge is 0.395 e. The van der Waals surface area contributed by atoms with Crippen LogP contribution in [0.1, 0.15) is 5.56 Å². The van der Waals surface area contributed by atoms with Gasteiger partial charge in [0, 0.05) is 18.8 Å². The molecule has 0 radical (unpaired) electrons. The maximum Gasteiger partial charge on any atom is 0.241 e. The van der Waals surface area contributed by atoms with Crippen molar-refractivity contribution in [2.75, 3.05) is 38.2 Å². The number of carbonyl (C=O) groups excluding carboxylic acids is 1. The topological polar surface area (TPSA) is 43.8 Å². The first-order valence-electron chi connectivity index (χ1n) is 5.90. The van der Waals surface area contributed by atoms with Crippen molar-refractivity contribution in [1.82, 2.24) is 4.90 Å². The summed E-state index contributed by atoms with van der Waals surface area (Å²) in [5.74, 6) is 0.103. The van der Waals surface area contributed by atoms with Crippen molar-refractivity contribution in [3.63, 3.8) is 0 Å². The normalized spacial score (nSPS) is 14.2. The van der Waals surface area contributed by atoms with E-state index in [1.54, 1.807) is 0 Å². The third-order valence-corrected chi connectivity index (χ3v) is 3.08. The first-order chi connectivity index (χ1) is 8.22. The third kappa shape index (κ3) is 2.65. The lowest BCUT2D eigenvalue weighted by atomic mass is 10.2. The Balaban J connectivity index is 2.02. The van der Waals surface area contributed by atoms with Crippen LogP contribution in [0.25, 0.3) is 0 Å². The van der Waals surface area contributed by atoms with E-state index < -0.39 is 0 Å². The summed E-state index contributed by atoms with van der Waals surface area (Å²) in [5.41, 5.74) is 2.28. The van der Waals surface area contributed by atoms with Gasteiger partial charge in [-0.15, -0.1) is 0 Å². The Labute approximate surface area is 101 Å². The number of hydrogen-bond acceptors (Lipinski definition) is 3. The molecule has 17 heavy (non-hydrogen) atoms. The molecule has 4 nitrogen and oxygen atoms in total. The van der Waals surface area contributed by atoms with Gasteiger partial charge in [-0.05, 0) is 25.1 Å². The molecule has 0 aliphatic carbocycles. The van der Waals surface area contributed by atoms with Crippen LogP contribution in [0.15, 0.2) is 24.3 Å². The van der Waals surface area contributed by atoms with E-state index in [2.05, 4.69) is 6.07 Å². The Morgan fingerprint density at radius 3 is 3.00 bits per heavy atom. The van der Waals surface area contributed by atoms with Gasteiger partial charge in [-0.1, -0.05) is 18.2 Å². The summed E-state index contributed by atoms with van der Waals surface area (Å²) >= 11 is 0. The summed E-state index contributed by atoms with van der Waals surface area (Å²) in [7, 11) is 1.84. The summed E-state index contributed by atoms with van der Waals surface area (Å²) in [6.45, 7) is 1.74. The zero-order chi connectivity index (χ0) is 12.3. The number of para-hydroxylation sites is 1. The second-order valence-electron chi connectivity index (χ2n) is 4.39. The van der Waals surface area contributed by atoms with Gasteiger partial charge in [-0.25, -0.2) is 0 Å². The Morgan fingerprint density at radius 1 is 1.47 bits per heavy atom. The molecule has 1 N–H and O–H groups in total. The fraction of sp³-hybridized carbons (Fsp3) is 0.462. The first kappa shape index (κ1) is 12.1. The molecule has 0 spiro atoms. The summed E-state index contributed by atoms with van der Waals surface area (Å²) in [6.07, 6.45) is 0.936. The molecule has 1 aromatic carbocycles. The maximum atomic E-state index is 12.1. The van der Waals surface area contributed by atoms with E-state index in [1.165, 1.54) is 5.56 Å². The molecule has 92 valence electrons. The number of aliphatic hydroxyl groups is 1. The van der Waals surface area contributed by atoms with E-state index >= 15 is 0 Å². The van der Waals surface area contributed by atoms with E-state index in [1.807, 2.05) is 35.0 Å². The Morgan fingerprint density at radius 2 is 2.24 bits per heavy atom. The van der Waals surface area contributed by atoms with Crippen LogP contribution in [0.5, 0.6) is 0 Å². The van der Waals surface area contributed by atoms with Crippen LogP contribution in [0, 0.1) is 0 Å². The van der Waals surface area contributed by atoms with Gasteiger partial charge < -0.3 is 10.0 Å². The first-order valence-corrected chi connectivity index (χ1v) is 5.90. The molecule has 0 fully saturated rings. The Hall–Kier alpha value is -1.39. The molecule has 2 rings (SSSR count). The average molecular weight is 234 g/mol. The Bertz CT molecular complexity index is 406. The number of benzene rings is 1. The van der Waals surface area contributed by atoms with E-state index in [9.17, 15) is 4.79 Å². The minimum Gasteiger partial charge on any atom is -0.395 e. The van der Waals surface area contributed by atoms with Crippen molar-refractivity contribution in [2.24, 2.45) is 0 Å². The van der Waals surface area contributed by atoms with Gasteiger partial charge in [0.15, 0.2) is 0 Å². The highest BCUT2D eigenvalue weighted by atomic mass is 16.3. The fourth-order valence-corrected chi connectivity index (χ4v) is 2.16. The number of likely N-dealkylation sites (N-methyl/N-ethyl adjacent to an activating group) is 1. The van der Waals surface area contributed by atoms with E-state index in [-0.39, 0.29) is 12.5 Å². The fourth-order valence-electron chi connectivity index (χ4n) is 2.16. The van der Waals surface area contributed by atoms with E-state index in [0.29, 0.717) is 13.1 Å². The monoisotopic (exact) mass is 234 g/mol. The lowest BCUT2D eigenvalue weighted by Gasteiger charge is -2.21. The summed E-state index contributed by atoms with van der Waals surface area (Å²) in [5, 5.41) is 8.81. The predicted molar refractivity (Wildman–Crippen MR) is 67.1 cm³/mol. The number of carbonyl (C=O) groups is 1. The quantitative estimate of drug-likeness (QED) is 0.825. The number of aliphatic hydroxyl groups excluding tert-OH is 1. The highest BCUT2D eigenvalue weighted by Gasteiger charge is 2.24. The molecule has 0 bridgehead atoms. The molecule has 1 aliphatic heterocycles. The van der Waals surface area contributed by atoms with E-state index in [0.717, 1.165) is 18.7 Å². The molecule has 0 saturated heterocycles. The van der Waals surface area contributed by atoms with Crippen LogP contribution in [0.2, 0.25) is 0 Å². The van der Waals surface area contributed by atoms with Crippen molar-refractivity contribution >= 4 is 11.6 Å². The molecule has 1 heterocycles. The molecule has 0 saturated carbocycles. The van der Waals surface area contributed by atoms with Crippen molar-refractivity contribution in [2.45, 2.75) is 6.42 Å². The SMILES string of the molecule is CN(CCO)CC(=O)N1CCc2ccccc21. The number of anilines is 1. The Kier molecular flexibility index (Phi) is 3.76. The van der Waals surface area contributed by atoms with E-state index in [4.69, 9.17) is 5.11 Å². The average Bonchev–Trinajstić information content (AvgIpc) is 2.72. The molecule has 1 aromatic rings. The molecule has 0 unspecified atom stereocenters. The van der Waals surface area contributed by atoms with Crippen LogP contribution in [0.4, 0.5) is 5.69 Å². The van der Waals surface area contributed by atoms with Crippen LogP contribution >= 0.6 is 0 Å². The minimum absolute atomic E-state index is 0.0837. The van der Waals surface area contributed by atoms with Crippen molar-refractivity contribution < 1.29 is 9.90 Å². The van der Waals surface area contributed by atoms with Crippen molar-refractivity contribution in [1.29, 1.82) is 0 Å². The van der Waals surface area contributed by atoms with Gasteiger partial charge in [0.1, 0.15) is 0 Å².